The Morgan fingerprint density at radius 2 is 1.83 bits per heavy atom. The van der Waals surface area contributed by atoms with E-state index in [0.29, 0.717) is 0 Å². The number of hydrogen-bond donors (Lipinski definition) is 3. The number of carbonyl (C=O) groups excluding carboxylic acids is 1. The molecule has 70 valence electrons. The van der Waals surface area contributed by atoms with Crippen LogP contribution < -0.4 is 5.73 Å². The number of carboxylic acid groups (broad SMARTS) is 1. The fraction of sp³-hybridized carbons (Fsp3) is 0.333. The van der Waals surface area contributed by atoms with Crippen molar-refractivity contribution in [3.8, 4) is 0 Å². The molecule has 0 aromatic rings. The maximum atomic E-state index is 10.3. The van der Waals surface area contributed by atoms with Crippen molar-refractivity contribution in [1.82, 2.24) is 0 Å². The molecule has 1 atom stereocenters. The molecule has 0 aromatic carbocycles. The van der Waals surface area contributed by atoms with Crippen molar-refractivity contribution in [2.24, 2.45) is 5.73 Å². The lowest BCUT2D eigenvalue weighted by Gasteiger charge is -2.02. The largest absolute Gasteiger partial charge is 0.480 e. The Morgan fingerprint density at radius 3 is 2.08 bits per heavy atom. The van der Waals surface area contributed by atoms with Crippen molar-refractivity contribution in [2.45, 2.75) is 6.04 Å². The minimum atomic E-state index is -4.99. The van der Waals surface area contributed by atoms with E-state index in [1.165, 1.54) is 0 Å². The first-order chi connectivity index (χ1) is 5.24. The minimum absolute atomic E-state index is 1.76. The van der Waals surface area contributed by atoms with Gasteiger partial charge in [0.2, 0.25) is 6.04 Å². The van der Waals surface area contributed by atoms with Gasteiger partial charge in [0.25, 0.3) is 0 Å². The zero-order chi connectivity index (χ0) is 9.94. The molecule has 8 nitrogen and oxygen atoms in total. The van der Waals surface area contributed by atoms with Gasteiger partial charge >= 0.3 is 22.3 Å². The molecular formula is C3H5NO7S. The van der Waals surface area contributed by atoms with Crippen LogP contribution in [-0.4, -0.2) is 36.1 Å². The van der Waals surface area contributed by atoms with E-state index >= 15 is 0 Å². The summed E-state index contributed by atoms with van der Waals surface area (Å²) in [5.41, 5.74) is 4.62. The van der Waals surface area contributed by atoms with Crippen LogP contribution >= 0.6 is 0 Å². The molecule has 0 aliphatic heterocycles. The molecule has 0 amide bonds. The van der Waals surface area contributed by atoms with Crippen LogP contribution in [0.15, 0.2) is 0 Å². The van der Waals surface area contributed by atoms with Crippen LogP contribution in [0.3, 0.4) is 0 Å². The van der Waals surface area contributed by atoms with Gasteiger partial charge in [-0.25, -0.2) is 9.59 Å². The zero-order valence-corrected chi connectivity index (χ0v) is 6.32. The Labute approximate surface area is 66.9 Å². The van der Waals surface area contributed by atoms with Gasteiger partial charge in [-0.05, 0) is 0 Å². The maximum Gasteiger partial charge on any atom is 0.449 e. The van der Waals surface area contributed by atoms with E-state index < -0.39 is 28.4 Å². The molecule has 4 N–H and O–H groups in total. The monoisotopic (exact) mass is 199 g/mol. The van der Waals surface area contributed by atoms with Crippen LogP contribution in [0.5, 0.6) is 0 Å². The molecule has 0 rings (SSSR count). The molecule has 0 aromatic heterocycles. The highest BCUT2D eigenvalue weighted by molar-refractivity contribution is 7.81. The summed E-state index contributed by atoms with van der Waals surface area (Å²) in [5.74, 6) is -3.52. The van der Waals surface area contributed by atoms with Gasteiger partial charge in [-0.2, -0.15) is 8.42 Å². The Morgan fingerprint density at radius 1 is 1.42 bits per heavy atom. The first-order valence-corrected chi connectivity index (χ1v) is 3.79. The van der Waals surface area contributed by atoms with Crippen LogP contribution in [0.4, 0.5) is 0 Å². The summed E-state index contributed by atoms with van der Waals surface area (Å²) in [6.45, 7) is 0. The third-order valence-electron chi connectivity index (χ3n) is 0.707. The molecule has 0 aliphatic rings. The van der Waals surface area contributed by atoms with Crippen molar-refractivity contribution in [1.29, 1.82) is 0 Å². The van der Waals surface area contributed by atoms with Crippen LogP contribution in [0, 0.1) is 0 Å². The van der Waals surface area contributed by atoms with Crippen molar-refractivity contribution in [3.63, 3.8) is 0 Å². The molecule has 0 heterocycles. The number of rotatable bonds is 3. The van der Waals surface area contributed by atoms with Crippen LogP contribution in [0.25, 0.3) is 0 Å². The van der Waals surface area contributed by atoms with E-state index in [0.717, 1.165) is 0 Å². The fourth-order valence-electron chi connectivity index (χ4n) is 0.256. The fourth-order valence-corrected chi connectivity index (χ4v) is 0.568. The van der Waals surface area contributed by atoms with Crippen LogP contribution in [0.1, 0.15) is 0 Å². The first kappa shape index (κ1) is 10.8. The van der Waals surface area contributed by atoms with E-state index in [1.54, 1.807) is 0 Å². The van der Waals surface area contributed by atoms with E-state index in [9.17, 15) is 18.0 Å². The van der Waals surface area contributed by atoms with Crippen LogP contribution in [0.2, 0.25) is 0 Å². The lowest BCUT2D eigenvalue weighted by Crippen LogP contribution is -2.40. The Hall–Kier alpha value is -1.19. The zero-order valence-electron chi connectivity index (χ0n) is 5.50. The summed E-state index contributed by atoms with van der Waals surface area (Å²) < 4.78 is 30.8. The second kappa shape index (κ2) is 3.47. The number of nitrogens with two attached hydrogens (primary N) is 1. The number of carbonyl (C=O) groups is 2. The van der Waals surface area contributed by atoms with Crippen molar-refractivity contribution < 1.29 is 31.8 Å². The number of hydrogen-bond acceptors (Lipinski definition) is 6. The van der Waals surface area contributed by atoms with Gasteiger partial charge in [0.05, 0.1) is 0 Å². The number of carboxylic acids is 1. The highest BCUT2D eigenvalue weighted by Gasteiger charge is 2.26. The summed E-state index contributed by atoms with van der Waals surface area (Å²) in [6.07, 6.45) is 0. The van der Waals surface area contributed by atoms with Gasteiger partial charge in [-0.1, -0.05) is 0 Å². The molecule has 12 heavy (non-hydrogen) atoms. The quantitative estimate of drug-likeness (QED) is 0.341. The van der Waals surface area contributed by atoms with Gasteiger partial charge in [0.1, 0.15) is 0 Å². The topological polar surface area (TPSA) is 144 Å². The Bertz CT molecular complexity index is 292. The lowest BCUT2D eigenvalue weighted by atomic mass is 10.3. The standard InChI is InChI=1S/C3H5NO7S/c4-1(2(5)6)3(7)11-12(8,9)10/h1H,4H2,(H,5,6)(H,8,9,10)/t1-/m1/s1. The molecule has 0 fully saturated rings. The van der Waals surface area contributed by atoms with Crippen molar-refractivity contribution in [3.05, 3.63) is 0 Å². The molecular weight excluding hydrogens is 194 g/mol. The predicted molar refractivity (Wildman–Crippen MR) is 33.3 cm³/mol. The summed E-state index contributed by atoms with van der Waals surface area (Å²) in [5, 5.41) is 8.05. The van der Waals surface area contributed by atoms with Gasteiger partial charge in [-0.3, -0.25) is 4.55 Å². The maximum absolute atomic E-state index is 10.3. The normalized spacial score (nSPS) is 13.5. The predicted octanol–water partition coefficient (Wildman–Crippen LogP) is -2.26. The lowest BCUT2D eigenvalue weighted by molar-refractivity contribution is -0.148. The van der Waals surface area contributed by atoms with E-state index in [1.807, 2.05) is 0 Å². The molecule has 0 radical (unpaired) electrons. The van der Waals surface area contributed by atoms with Gasteiger partial charge in [0.15, 0.2) is 0 Å². The highest BCUT2D eigenvalue weighted by Crippen LogP contribution is 1.91. The molecule has 0 saturated heterocycles. The van der Waals surface area contributed by atoms with Gasteiger partial charge in [-0.15, -0.1) is 0 Å². The van der Waals surface area contributed by atoms with Gasteiger partial charge in [0, 0.05) is 0 Å². The van der Waals surface area contributed by atoms with Crippen molar-refractivity contribution in [2.75, 3.05) is 0 Å². The molecule has 9 heteroatoms. The summed E-state index contributed by atoms with van der Waals surface area (Å²) in [6, 6.07) is -2.13. The molecule has 0 unspecified atom stereocenters. The molecule has 0 spiro atoms. The molecule has 0 aliphatic carbocycles. The summed E-state index contributed by atoms with van der Waals surface area (Å²) >= 11 is 0. The highest BCUT2D eigenvalue weighted by atomic mass is 32.3. The minimum Gasteiger partial charge on any atom is -0.480 e. The van der Waals surface area contributed by atoms with E-state index in [2.05, 4.69) is 9.92 Å². The molecule has 0 bridgehead atoms. The summed E-state index contributed by atoms with van der Waals surface area (Å²) in [7, 11) is -4.99. The second-order valence-corrected chi connectivity index (χ2v) is 2.67. The SMILES string of the molecule is N[C@H](C(=O)O)C(=O)OS(=O)(=O)O. The van der Waals surface area contributed by atoms with E-state index in [4.69, 9.17) is 9.66 Å². The van der Waals surface area contributed by atoms with E-state index in [-0.39, 0.29) is 0 Å². The first-order valence-electron chi connectivity index (χ1n) is 2.43. The third kappa shape index (κ3) is 3.85. The van der Waals surface area contributed by atoms with Crippen LogP contribution in [-0.2, 0) is 24.2 Å². The average Bonchev–Trinajstić information content (AvgIpc) is 1.82. The second-order valence-electron chi connectivity index (χ2n) is 1.65. The van der Waals surface area contributed by atoms with Gasteiger partial charge < -0.3 is 15.0 Å². The number of aliphatic carboxylic acids is 1. The molecule has 0 saturated carbocycles. The Balaban J connectivity index is 4.35. The smallest absolute Gasteiger partial charge is 0.449 e. The van der Waals surface area contributed by atoms with Crippen molar-refractivity contribution >= 4 is 22.3 Å². The third-order valence-corrected chi connectivity index (χ3v) is 1.08. The average molecular weight is 199 g/mol. The Kier molecular flexibility index (Phi) is 3.13. The summed E-state index contributed by atoms with van der Waals surface area (Å²) in [4.78, 5) is 20.3.